The van der Waals surface area contributed by atoms with Gasteiger partial charge in [-0.2, -0.15) is 0 Å². The van der Waals surface area contributed by atoms with Crippen molar-refractivity contribution < 1.29 is 4.92 Å². The molecular weight excluding hydrogens is 634 g/mol. The predicted octanol–water partition coefficient (Wildman–Crippen LogP) is 3.76. The molecule has 2 aliphatic rings. The maximum absolute atomic E-state index is 12.6. The molecule has 0 atom stereocenters. The fourth-order valence-electron chi connectivity index (χ4n) is 6.20. The lowest BCUT2D eigenvalue weighted by molar-refractivity contribution is -0.384. The number of anilines is 2. The molecule has 4 aromatic heterocycles. The van der Waals surface area contributed by atoms with Gasteiger partial charge in [0.25, 0.3) is 16.8 Å². The highest BCUT2D eigenvalue weighted by atomic mass is 16.6. The van der Waals surface area contributed by atoms with Crippen molar-refractivity contribution in [2.24, 2.45) is 0 Å². The first-order valence-corrected chi connectivity index (χ1v) is 16.6. The van der Waals surface area contributed by atoms with E-state index in [1.165, 1.54) is 28.2 Å². The topological polar surface area (TPSA) is 142 Å². The van der Waals surface area contributed by atoms with Crippen LogP contribution in [-0.2, 0) is 0 Å². The molecule has 0 radical (unpaired) electrons. The summed E-state index contributed by atoms with van der Waals surface area (Å²) in [6.45, 7) is 9.50. The lowest BCUT2D eigenvalue weighted by Gasteiger charge is -2.29. The normalized spacial score (nSPS) is 14.7. The van der Waals surface area contributed by atoms with E-state index < -0.39 is 4.92 Å². The summed E-state index contributed by atoms with van der Waals surface area (Å²) in [5.41, 5.74) is 6.79. The fourth-order valence-corrected chi connectivity index (χ4v) is 6.20. The second-order valence-electron chi connectivity index (χ2n) is 12.3. The van der Waals surface area contributed by atoms with Gasteiger partial charge in [-0.15, -0.1) is 0 Å². The van der Waals surface area contributed by atoms with Crippen LogP contribution in [0.1, 0.15) is 5.56 Å². The van der Waals surface area contributed by atoms with Crippen LogP contribution in [0.15, 0.2) is 107 Å². The molecule has 50 heavy (non-hydrogen) atoms. The summed E-state index contributed by atoms with van der Waals surface area (Å²) in [4.78, 5) is 49.3. The Bertz CT molecular complexity index is 2290. The van der Waals surface area contributed by atoms with Crippen LogP contribution >= 0.6 is 0 Å². The lowest BCUT2D eigenvalue weighted by atomic mass is 10.1. The number of fused-ring (bicyclic) bond motifs is 2. The van der Waals surface area contributed by atoms with E-state index in [-0.39, 0.29) is 16.8 Å². The molecule has 0 bridgehead atoms. The van der Waals surface area contributed by atoms with Crippen LogP contribution in [0.4, 0.5) is 17.1 Å². The first kappa shape index (κ1) is 32.6. The van der Waals surface area contributed by atoms with Gasteiger partial charge < -0.3 is 20.4 Å². The number of nitro groups is 1. The highest BCUT2D eigenvalue weighted by molar-refractivity contribution is 5.65. The lowest BCUT2D eigenvalue weighted by Crippen LogP contribution is -2.43. The van der Waals surface area contributed by atoms with Gasteiger partial charge >= 0.3 is 0 Å². The van der Waals surface area contributed by atoms with E-state index in [9.17, 15) is 19.7 Å². The van der Waals surface area contributed by atoms with E-state index in [1.54, 1.807) is 34.9 Å². The molecular formula is C37H37N9O4. The number of aromatic nitrogens is 4. The molecule has 0 unspecified atom stereocenters. The number of hydrogen-bond acceptors (Lipinski definition) is 10. The summed E-state index contributed by atoms with van der Waals surface area (Å²) in [7, 11) is 0. The first-order valence-electron chi connectivity index (χ1n) is 16.6. The summed E-state index contributed by atoms with van der Waals surface area (Å²) < 4.78 is 3.15. The molecule has 6 aromatic rings. The average Bonchev–Trinajstić information content (AvgIpc) is 3.16. The highest BCUT2D eigenvalue weighted by Gasteiger charge is 2.15. The molecule has 13 heteroatoms. The third kappa shape index (κ3) is 7.09. The number of nitro benzene ring substituents is 1. The van der Waals surface area contributed by atoms with E-state index in [2.05, 4.69) is 30.4 Å². The zero-order valence-electron chi connectivity index (χ0n) is 27.7. The summed E-state index contributed by atoms with van der Waals surface area (Å²) in [5.74, 6) is 0. The molecule has 2 aromatic carbocycles. The molecule has 2 fully saturated rings. The smallest absolute Gasteiger partial charge is 0.270 e. The number of piperazine rings is 2. The van der Waals surface area contributed by atoms with Crippen molar-refractivity contribution in [2.75, 3.05) is 62.2 Å². The quantitative estimate of drug-likeness (QED) is 0.206. The van der Waals surface area contributed by atoms with Crippen LogP contribution in [0, 0.1) is 17.0 Å². The maximum atomic E-state index is 12.6. The second kappa shape index (κ2) is 14.3. The molecule has 0 amide bonds. The largest absolute Gasteiger partial charge is 0.368 e. The molecule has 2 N–H and O–H groups in total. The van der Waals surface area contributed by atoms with Gasteiger partial charge in [-0.1, -0.05) is 42.0 Å². The third-order valence-electron chi connectivity index (χ3n) is 8.95. The zero-order valence-corrected chi connectivity index (χ0v) is 27.7. The van der Waals surface area contributed by atoms with Crippen molar-refractivity contribution in [3.63, 3.8) is 0 Å². The Hall–Kier alpha value is -5.92. The number of pyridine rings is 2. The minimum absolute atomic E-state index is 0.0291. The molecule has 13 nitrogen and oxygen atoms in total. The van der Waals surface area contributed by atoms with Crippen LogP contribution in [0.3, 0.4) is 0 Å². The summed E-state index contributed by atoms with van der Waals surface area (Å²) in [5, 5.41) is 17.6. The van der Waals surface area contributed by atoms with Crippen LogP contribution in [0.25, 0.3) is 33.8 Å². The van der Waals surface area contributed by atoms with Crippen molar-refractivity contribution in [2.45, 2.75) is 6.92 Å². The number of nitrogens with zero attached hydrogens (tertiary/aromatic N) is 7. The van der Waals surface area contributed by atoms with Gasteiger partial charge in [0.15, 0.2) is 0 Å². The minimum atomic E-state index is -0.461. The van der Waals surface area contributed by atoms with E-state index in [0.29, 0.717) is 22.6 Å². The van der Waals surface area contributed by atoms with Crippen molar-refractivity contribution >= 4 is 28.4 Å². The number of hydrogen-bond donors (Lipinski definition) is 2. The number of aryl methyl sites for hydroxylation is 1. The van der Waals surface area contributed by atoms with Crippen LogP contribution in [-0.4, -0.2) is 76.1 Å². The standard InChI is InChI=1S/C19H20N4O.C18H17N5O3/c1-14-2-4-15(5-3-14)17-12-19(24)23-13-16(6-7-18(23)21-17)22-10-8-20-9-11-22;24-18-11-16(13-2-1-3-14(10-13)23(25)26)20-17-5-4-15(12-22(17)18)21-8-6-19-7-9-21/h2-7,12-13,20H,8-11H2,1H3;1-5,10-12,19H,6-9H2. The Morgan fingerprint density at radius 2 is 1.14 bits per heavy atom. The number of non-ortho nitro benzene ring substituents is 1. The molecule has 8 rings (SSSR count). The van der Waals surface area contributed by atoms with E-state index in [0.717, 1.165) is 75.0 Å². The third-order valence-corrected chi connectivity index (χ3v) is 8.95. The Morgan fingerprint density at radius 3 is 1.64 bits per heavy atom. The Morgan fingerprint density at radius 1 is 0.640 bits per heavy atom. The van der Waals surface area contributed by atoms with Gasteiger partial charge in [0.1, 0.15) is 11.3 Å². The number of nitrogens with one attached hydrogen (secondary N) is 2. The van der Waals surface area contributed by atoms with Gasteiger partial charge in [-0.05, 0) is 31.2 Å². The average molecular weight is 672 g/mol. The minimum Gasteiger partial charge on any atom is -0.368 e. The first-order chi connectivity index (χ1) is 24.3. The monoisotopic (exact) mass is 671 g/mol. The zero-order chi connectivity index (χ0) is 34.6. The van der Waals surface area contributed by atoms with Crippen molar-refractivity contribution in [1.29, 1.82) is 0 Å². The molecule has 254 valence electrons. The van der Waals surface area contributed by atoms with Crippen LogP contribution < -0.4 is 31.6 Å². The van der Waals surface area contributed by atoms with Crippen LogP contribution in [0.2, 0.25) is 0 Å². The van der Waals surface area contributed by atoms with Crippen LogP contribution in [0.5, 0.6) is 0 Å². The summed E-state index contributed by atoms with van der Waals surface area (Å²) in [6.07, 6.45) is 3.70. The number of benzene rings is 2. The maximum Gasteiger partial charge on any atom is 0.270 e. The Labute approximate surface area is 287 Å². The van der Waals surface area contributed by atoms with Gasteiger partial charge in [0, 0.05) is 100 Å². The van der Waals surface area contributed by atoms with Gasteiger partial charge in [-0.3, -0.25) is 28.5 Å². The van der Waals surface area contributed by atoms with E-state index >= 15 is 0 Å². The second-order valence-corrected chi connectivity index (χ2v) is 12.3. The van der Waals surface area contributed by atoms with Gasteiger partial charge in [0.05, 0.1) is 27.7 Å². The number of rotatable bonds is 5. The van der Waals surface area contributed by atoms with E-state index in [1.807, 2.05) is 55.6 Å². The molecule has 0 aliphatic carbocycles. The summed E-state index contributed by atoms with van der Waals surface area (Å²) >= 11 is 0. The SMILES string of the molecule is Cc1ccc(-c2cc(=O)n3cc(N4CCNCC4)ccc3n2)cc1.O=c1cc(-c2cccc([N+](=O)[O-])c2)nc2ccc(N3CCNCC3)cn12. The highest BCUT2D eigenvalue weighted by Crippen LogP contribution is 2.23. The molecule has 2 aliphatic heterocycles. The summed E-state index contributed by atoms with van der Waals surface area (Å²) in [6, 6.07) is 25.0. The molecule has 2 saturated heterocycles. The Kier molecular flexibility index (Phi) is 9.32. The van der Waals surface area contributed by atoms with Crippen molar-refractivity contribution in [3.05, 3.63) is 134 Å². The molecule has 6 heterocycles. The van der Waals surface area contributed by atoms with Gasteiger partial charge in [0.2, 0.25) is 0 Å². The molecule has 0 saturated carbocycles. The Balaban J connectivity index is 0.000000157. The fraction of sp³-hybridized carbons (Fsp3) is 0.243. The predicted molar refractivity (Wildman–Crippen MR) is 195 cm³/mol. The molecule has 0 spiro atoms. The van der Waals surface area contributed by atoms with Crippen molar-refractivity contribution in [3.8, 4) is 22.5 Å². The van der Waals surface area contributed by atoms with Gasteiger partial charge in [-0.25, -0.2) is 9.97 Å². The van der Waals surface area contributed by atoms with E-state index in [4.69, 9.17) is 0 Å². The van der Waals surface area contributed by atoms with Crippen molar-refractivity contribution in [1.82, 2.24) is 29.4 Å².